The first-order chi connectivity index (χ1) is 11.8. The quantitative estimate of drug-likeness (QED) is 0.838. The zero-order valence-electron chi connectivity index (χ0n) is 15.1. The average molecular weight is 349 g/mol. The summed E-state index contributed by atoms with van der Waals surface area (Å²) in [5.41, 5.74) is 2.12. The highest BCUT2D eigenvalue weighted by molar-refractivity contribution is 5.75. The number of aryl methyl sites for hydroxylation is 2. The van der Waals surface area contributed by atoms with Gasteiger partial charge in [-0.3, -0.25) is 0 Å². The summed E-state index contributed by atoms with van der Waals surface area (Å²) < 4.78 is 24.4. The maximum Gasteiger partial charge on any atom is 0.315 e. The van der Waals surface area contributed by atoms with Crippen molar-refractivity contribution in [1.82, 2.24) is 15.8 Å². The number of aromatic nitrogens is 1. The van der Waals surface area contributed by atoms with Gasteiger partial charge in [0, 0.05) is 11.6 Å². The third-order valence-corrected chi connectivity index (χ3v) is 4.08. The zero-order chi connectivity index (χ0) is 18.6. The molecule has 6 nitrogen and oxygen atoms in total. The summed E-state index contributed by atoms with van der Waals surface area (Å²) in [7, 11) is 1.47. The lowest BCUT2D eigenvalue weighted by molar-refractivity contribution is 0.234. The Bertz CT molecular complexity index is 726. The lowest BCUT2D eigenvalue weighted by Gasteiger charge is -2.20. The molecule has 2 amide bonds. The largest absolute Gasteiger partial charge is 0.496 e. The van der Waals surface area contributed by atoms with E-state index in [2.05, 4.69) is 15.8 Å². The molecule has 1 aromatic carbocycles. The van der Waals surface area contributed by atoms with E-state index in [-0.39, 0.29) is 12.1 Å². The number of amides is 2. The molecule has 2 atom stereocenters. The van der Waals surface area contributed by atoms with Crippen LogP contribution in [0.15, 0.2) is 22.7 Å². The molecule has 2 rings (SSSR count). The van der Waals surface area contributed by atoms with E-state index in [1.807, 2.05) is 20.8 Å². The van der Waals surface area contributed by atoms with Crippen LogP contribution in [0.1, 0.15) is 42.5 Å². The van der Waals surface area contributed by atoms with Crippen LogP contribution < -0.4 is 15.4 Å². The number of carbonyl (C=O) groups excluding carboxylic acids is 1. The number of nitrogens with one attached hydrogen (secondary N) is 2. The van der Waals surface area contributed by atoms with Gasteiger partial charge in [-0.25, -0.2) is 9.18 Å². The van der Waals surface area contributed by atoms with E-state index >= 15 is 0 Å². The molecule has 2 unspecified atom stereocenters. The Labute approximate surface area is 146 Å². The monoisotopic (exact) mass is 349 g/mol. The molecule has 0 aliphatic carbocycles. The smallest absolute Gasteiger partial charge is 0.315 e. The molecule has 0 fully saturated rings. The first-order valence-corrected chi connectivity index (χ1v) is 8.14. The van der Waals surface area contributed by atoms with Gasteiger partial charge < -0.3 is 19.9 Å². The van der Waals surface area contributed by atoms with Crippen LogP contribution in [0.2, 0.25) is 0 Å². The molecule has 136 valence electrons. The number of carbonyl (C=O) groups is 1. The Morgan fingerprint density at radius 1 is 1.32 bits per heavy atom. The Kier molecular flexibility index (Phi) is 6.01. The first-order valence-electron chi connectivity index (χ1n) is 8.14. The maximum atomic E-state index is 14.1. The van der Waals surface area contributed by atoms with E-state index < -0.39 is 11.9 Å². The third-order valence-electron chi connectivity index (χ3n) is 4.08. The molecule has 2 N–H and O–H groups in total. The fraction of sp³-hybridized carbons (Fsp3) is 0.444. The van der Waals surface area contributed by atoms with E-state index in [0.29, 0.717) is 17.7 Å². The molecule has 7 heteroatoms. The Hall–Kier alpha value is -2.57. The van der Waals surface area contributed by atoms with E-state index in [0.717, 1.165) is 17.0 Å². The van der Waals surface area contributed by atoms with Crippen LogP contribution in [0.3, 0.4) is 0 Å². The minimum absolute atomic E-state index is 0.133. The number of benzene rings is 1. The number of nitrogens with zero attached hydrogens (tertiary/aromatic N) is 1. The normalized spacial score (nSPS) is 13.2. The summed E-state index contributed by atoms with van der Waals surface area (Å²) in [6.45, 7) is 7.30. The van der Waals surface area contributed by atoms with Gasteiger partial charge in [-0.1, -0.05) is 11.2 Å². The van der Waals surface area contributed by atoms with Gasteiger partial charge in [-0.2, -0.15) is 0 Å². The molecule has 0 bridgehead atoms. The van der Waals surface area contributed by atoms with Crippen molar-refractivity contribution < 1.29 is 18.4 Å². The van der Waals surface area contributed by atoms with Crippen molar-refractivity contribution in [3.05, 3.63) is 46.6 Å². The first kappa shape index (κ1) is 18.8. The third kappa shape index (κ3) is 4.49. The van der Waals surface area contributed by atoms with Crippen molar-refractivity contribution in [3.63, 3.8) is 0 Å². The Morgan fingerprint density at radius 3 is 2.64 bits per heavy atom. The standard InChI is InChI=1S/C18H24FN3O3/c1-10(9-14-11(2)22-25-13(14)4)20-18(23)21-12(3)17-15(19)7-6-8-16(17)24-5/h6-8,10,12H,9H2,1-5H3,(H2,20,21,23). The molecular formula is C18H24FN3O3. The molecule has 0 aliphatic heterocycles. The summed E-state index contributed by atoms with van der Waals surface area (Å²) in [6, 6.07) is 3.52. The highest BCUT2D eigenvalue weighted by Crippen LogP contribution is 2.27. The highest BCUT2D eigenvalue weighted by Gasteiger charge is 2.20. The van der Waals surface area contributed by atoms with E-state index in [1.165, 1.54) is 13.2 Å². The minimum Gasteiger partial charge on any atom is -0.496 e. The second kappa shape index (κ2) is 8.00. The summed E-state index contributed by atoms with van der Waals surface area (Å²) in [5.74, 6) is 0.725. The van der Waals surface area contributed by atoms with Gasteiger partial charge in [0.05, 0.1) is 24.4 Å². The van der Waals surface area contributed by atoms with Gasteiger partial charge in [0.1, 0.15) is 17.3 Å². The predicted octanol–water partition coefficient (Wildman–Crippen LogP) is 3.43. The van der Waals surface area contributed by atoms with Gasteiger partial charge in [-0.05, 0) is 46.2 Å². The van der Waals surface area contributed by atoms with Crippen LogP contribution in [0, 0.1) is 19.7 Å². The zero-order valence-corrected chi connectivity index (χ0v) is 15.1. The molecule has 0 spiro atoms. The summed E-state index contributed by atoms with van der Waals surface area (Å²) >= 11 is 0. The fourth-order valence-corrected chi connectivity index (χ4v) is 2.80. The van der Waals surface area contributed by atoms with Crippen LogP contribution in [-0.2, 0) is 6.42 Å². The molecule has 25 heavy (non-hydrogen) atoms. The number of urea groups is 1. The van der Waals surface area contributed by atoms with Crippen LogP contribution in [0.25, 0.3) is 0 Å². The van der Waals surface area contributed by atoms with Crippen LogP contribution in [-0.4, -0.2) is 24.3 Å². The maximum absolute atomic E-state index is 14.1. The molecule has 1 aromatic heterocycles. The van der Waals surface area contributed by atoms with E-state index in [9.17, 15) is 9.18 Å². The molecule has 1 heterocycles. The molecule has 0 radical (unpaired) electrons. The Balaban J connectivity index is 1.98. The van der Waals surface area contributed by atoms with Gasteiger partial charge in [0.15, 0.2) is 0 Å². The van der Waals surface area contributed by atoms with E-state index in [1.54, 1.807) is 19.1 Å². The number of ether oxygens (including phenoxy) is 1. The molecule has 0 saturated heterocycles. The number of hydrogen-bond donors (Lipinski definition) is 2. The molecule has 0 aliphatic rings. The number of hydrogen-bond acceptors (Lipinski definition) is 4. The lowest BCUT2D eigenvalue weighted by Crippen LogP contribution is -2.42. The molecule has 2 aromatic rings. The van der Waals surface area contributed by atoms with Crippen molar-refractivity contribution >= 4 is 6.03 Å². The van der Waals surface area contributed by atoms with Crippen LogP contribution in [0.4, 0.5) is 9.18 Å². The van der Waals surface area contributed by atoms with Crippen molar-refractivity contribution in [1.29, 1.82) is 0 Å². The average Bonchev–Trinajstić information content (AvgIpc) is 2.85. The van der Waals surface area contributed by atoms with Gasteiger partial charge in [-0.15, -0.1) is 0 Å². The Morgan fingerprint density at radius 2 is 2.04 bits per heavy atom. The van der Waals surface area contributed by atoms with Crippen molar-refractivity contribution in [2.24, 2.45) is 0 Å². The number of halogens is 1. The highest BCUT2D eigenvalue weighted by atomic mass is 19.1. The van der Waals surface area contributed by atoms with Crippen LogP contribution in [0.5, 0.6) is 5.75 Å². The minimum atomic E-state index is -0.539. The van der Waals surface area contributed by atoms with Gasteiger partial charge >= 0.3 is 6.03 Å². The van der Waals surface area contributed by atoms with Crippen molar-refractivity contribution in [2.75, 3.05) is 7.11 Å². The van der Waals surface area contributed by atoms with Crippen molar-refractivity contribution in [3.8, 4) is 5.75 Å². The second-order valence-corrected chi connectivity index (χ2v) is 6.10. The van der Waals surface area contributed by atoms with Gasteiger partial charge in [0.2, 0.25) is 0 Å². The SMILES string of the molecule is COc1cccc(F)c1C(C)NC(=O)NC(C)Cc1c(C)noc1C. The van der Waals surface area contributed by atoms with E-state index in [4.69, 9.17) is 9.26 Å². The van der Waals surface area contributed by atoms with Crippen molar-refractivity contribution in [2.45, 2.75) is 46.2 Å². The number of methoxy groups -OCH3 is 1. The van der Waals surface area contributed by atoms with Crippen LogP contribution >= 0.6 is 0 Å². The number of rotatable bonds is 6. The lowest BCUT2D eigenvalue weighted by atomic mass is 10.1. The fourth-order valence-electron chi connectivity index (χ4n) is 2.80. The summed E-state index contributed by atoms with van der Waals surface area (Å²) in [4.78, 5) is 12.2. The summed E-state index contributed by atoms with van der Waals surface area (Å²) in [5, 5.41) is 9.50. The molecular weight excluding hydrogens is 325 g/mol. The molecule has 0 saturated carbocycles. The predicted molar refractivity (Wildman–Crippen MR) is 92.2 cm³/mol. The second-order valence-electron chi connectivity index (χ2n) is 6.10. The topological polar surface area (TPSA) is 76.4 Å². The van der Waals surface area contributed by atoms with Gasteiger partial charge in [0.25, 0.3) is 0 Å². The summed E-state index contributed by atoms with van der Waals surface area (Å²) in [6.07, 6.45) is 0.603.